The van der Waals surface area contributed by atoms with Crippen LogP contribution in [0.15, 0.2) is 48.5 Å². The first-order valence-corrected chi connectivity index (χ1v) is 7.92. The number of thiophene rings is 1. The van der Waals surface area contributed by atoms with E-state index in [-0.39, 0.29) is 23.0 Å². The molecule has 0 aliphatic rings. The van der Waals surface area contributed by atoms with E-state index in [0.717, 1.165) is 16.0 Å². The SMILES string of the molecule is O=C(COc1c(C(=O)O)sc2ccccc12)c1ccc(Cl)cc1. The number of fused-ring (bicyclic) bond motifs is 1. The number of Topliss-reactive ketones (excluding diaryl/α,β-unsaturated/α-hetero) is 1. The summed E-state index contributed by atoms with van der Waals surface area (Å²) in [6.07, 6.45) is 0. The highest BCUT2D eigenvalue weighted by Gasteiger charge is 2.20. The number of ketones is 1. The van der Waals surface area contributed by atoms with Crippen molar-refractivity contribution in [2.75, 3.05) is 6.61 Å². The molecule has 23 heavy (non-hydrogen) atoms. The van der Waals surface area contributed by atoms with Crippen LogP contribution in [-0.2, 0) is 0 Å². The molecule has 6 heteroatoms. The van der Waals surface area contributed by atoms with Crippen molar-refractivity contribution >= 4 is 44.8 Å². The molecule has 0 unspecified atom stereocenters. The van der Waals surface area contributed by atoms with Gasteiger partial charge in [0.2, 0.25) is 0 Å². The lowest BCUT2D eigenvalue weighted by molar-refractivity contribution is 0.0695. The molecule has 3 aromatic rings. The number of carbonyl (C=O) groups excluding carboxylic acids is 1. The lowest BCUT2D eigenvalue weighted by atomic mass is 10.1. The van der Waals surface area contributed by atoms with Gasteiger partial charge in [0.05, 0.1) is 0 Å². The van der Waals surface area contributed by atoms with Gasteiger partial charge in [0.15, 0.2) is 23.0 Å². The maximum Gasteiger partial charge on any atom is 0.349 e. The normalized spacial score (nSPS) is 10.7. The number of carboxylic acids is 1. The molecule has 0 fully saturated rings. The van der Waals surface area contributed by atoms with Gasteiger partial charge in [0.1, 0.15) is 0 Å². The summed E-state index contributed by atoms with van der Waals surface area (Å²) in [5, 5.41) is 10.5. The smallest absolute Gasteiger partial charge is 0.349 e. The van der Waals surface area contributed by atoms with Crippen LogP contribution in [0.2, 0.25) is 5.02 Å². The predicted molar refractivity (Wildman–Crippen MR) is 90.1 cm³/mol. The summed E-state index contributed by atoms with van der Waals surface area (Å²) in [4.78, 5) is 23.6. The summed E-state index contributed by atoms with van der Waals surface area (Å²) in [6.45, 7) is -0.233. The first-order valence-electron chi connectivity index (χ1n) is 6.72. The fourth-order valence-corrected chi connectivity index (χ4v) is 3.27. The van der Waals surface area contributed by atoms with Gasteiger partial charge >= 0.3 is 5.97 Å². The van der Waals surface area contributed by atoms with E-state index in [0.29, 0.717) is 16.0 Å². The van der Waals surface area contributed by atoms with Gasteiger partial charge in [0.25, 0.3) is 0 Å². The fourth-order valence-electron chi connectivity index (χ4n) is 2.16. The summed E-state index contributed by atoms with van der Waals surface area (Å²) in [6, 6.07) is 13.7. The molecular weight excluding hydrogens is 336 g/mol. The first kappa shape index (κ1) is 15.5. The summed E-state index contributed by atoms with van der Waals surface area (Å²) >= 11 is 6.92. The maximum atomic E-state index is 12.2. The Labute approximate surface area is 140 Å². The largest absolute Gasteiger partial charge is 0.483 e. The van der Waals surface area contributed by atoms with E-state index in [2.05, 4.69) is 0 Å². The molecule has 3 rings (SSSR count). The quantitative estimate of drug-likeness (QED) is 0.690. The third-order valence-corrected chi connectivity index (χ3v) is 4.65. The van der Waals surface area contributed by atoms with Crippen LogP contribution in [0.25, 0.3) is 10.1 Å². The average molecular weight is 347 g/mol. The average Bonchev–Trinajstić information content (AvgIpc) is 2.92. The van der Waals surface area contributed by atoms with Crippen LogP contribution in [0.1, 0.15) is 20.0 Å². The molecule has 2 aromatic carbocycles. The van der Waals surface area contributed by atoms with Gasteiger partial charge in [-0.05, 0) is 36.4 Å². The van der Waals surface area contributed by atoms with Crippen LogP contribution in [0.3, 0.4) is 0 Å². The number of aromatic carboxylic acids is 1. The zero-order chi connectivity index (χ0) is 16.4. The van der Waals surface area contributed by atoms with E-state index in [4.69, 9.17) is 16.3 Å². The molecule has 116 valence electrons. The third kappa shape index (κ3) is 3.21. The second-order valence-electron chi connectivity index (χ2n) is 4.78. The molecule has 0 atom stereocenters. The van der Waals surface area contributed by atoms with Gasteiger partial charge < -0.3 is 9.84 Å². The van der Waals surface area contributed by atoms with E-state index < -0.39 is 5.97 Å². The van der Waals surface area contributed by atoms with E-state index >= 15 is 0 Å². The van der Waals surface area contributed by atoms with E-state index in [1.807, 2.05) is 12.1 Å². The minimum atomic E-state index is -1.07. The molecule has 0 saturated heterocycles. The Kier molecular flexibility index (Phi) is 4.32. The van der Waals surface area contributed by atoms with Gasteiger partial charge in [0, 0.05) is 20.7 Å². The standard InChI is InChI=1S/C17H11ClO4S/c18-11-7-5-10(6-8-11)13(19)9-22-15-12-3-1-2-4-14(12)23-16(15)17(20)21/h1-8H,9H2,(H,20,21). The van der Waals surface area contributed by atoms with Gasteiger partial charge in [-0.15, -0.1) is 11.3 Å². The van der Waals surface area contributed by atoms with Gasteiger partial charge in [-0.2, -0.15) is 0 Å². The Bertz CT molecular complexity index is 883. The highest BCUT2D eigenvalue weighted by atomic mass is 35.5. The highest BCUT2D eigenvalue weighted by Crippen LogP contribution is 2.37. The van der Waals surface area contributed by atoms with E-state index in [1.165, 1.54) is 0 Å². The van der Waals surface area contributed by atoms with E-state index in [9.17, 15) is 14.7 Å². The second kappa shape index (κ2) is 6.40. The molecule has 0 amide bonds. The van der Waals surface area contributed by atoms with Crippen molar-refractivity contribution in [2.45, 2.75) is 0 Å². The lowest BCUT2D eigenvalue weighted by Crippen LogP contribution is -2.12. The molecule has 1 N–H and O–H groups in total. The van der Waals surface area contributed by atoms with Crippen LogP contribution in [-0.4, -0.2) is 23.5 Å². The minimum Gasteiger partial charge on any atom is -0.483 e. The molecule has 1 aromatic heterocycles. The van der Waals surface area contributed by atoms with Crippen molar-refractivity contribution in [3.05, 3.63) is 64.0 Å². The number of hydrogen-bond donors (Lipinski definition) is 1. The van der Waals surface area contributed by atoms with Crippen LogP contribution >= 0.6 is 22.9 Å². The zero-order valence-corrected chi connectivity index (χ0v) is 13.4. The molecule has 0 aliphatic heterocycles. The second-order valence-corrected chi connectivity index (χ2v) is 6.27. The Hall–Kier alpha value is -2.37. The summed E-state index contributed by atoms with van der Waals surface area (Å²) in [5.41, 5.74) is 0.464. The Morgan fingerprint density at radius 3 is 2.48 bits per heavy atom. The minimum absolute atomic E-state index is 0.0927. The highest BCUT2D eigenvalue weighted by molar-refractivity contribution is 7.21. The van der Waals surface area contributed by atoms with Crippen LogP contribution in [0.5, 0.6) is 5.75 Å². The number of halogens is 1. The molecule has 0 saturated carbocycles. The molecule has 0 aliphatic carbocycles. The summed E-state index contributed by atoms with van der Waals surface area (Å²) in [5.74, 6) is -1.08. The first-order chi connectivity index (χ1) is 11.1. The van der Waals surface area contributed by atoms with Gasteiger partial charge in [-0.25, -0.2) is 4.79 Å². The lowest BCUT2D eigenvalue weighted by Gasteiger charge is -2.06. The van der Waals surface area contributed by atoms with Gasteiger partial charge in [-0.1, -0.05) is 23.7 Å². The molecule has 1 heterocycles. The van der Waals surface area contributed by atoms with Crippen LogP contribution in [0.4, 0.5) is 0 Å². The van der Waals surface area contributed by atoms with Crippen molar-refractivity contribution in [3.8, 4) is 5.75 Å². The van der Waals surface area contributed by atoms with Crippen molar-refractivity contribution in [1.82, 2.24) is 0 Å². The third-order valence-electron chi connectivity index (χ3n) is 3.26. The number of benzene rings is 2. The number of ether oxygens (including phenoxy) is 1. The van der Waals surface area contributed by atoms with Crippen molar-refractivity contribution in [1.29, 1.82) is 0 Å². The summed E-state index contributed by atoms with van der Waals surface area (Å²) in [7, 11) is 0. The van der Waals surface area contributed by atoms with Gasteiger partial charge in [-0.3, -0.25) is 4.79 Å². The van der Waals surface area contributed by atoms with Crippen molar-refractivity contribution in [3.63, 3.8) is 0 Å². The number of carboxylic acid groups (broad SMARTS) is 1. The maximum absolute atomic E-state index is 12.2. The topological polar surface area (TPSA) is 63.6 Å². The van der Waals surface area contributed by atoms with Crippen LogP contribution in [0, 0.1) is 0 Å². The molecule has 0 bridgehead atoms. The van der Waals surface area contributed by atoms with Crippen molar-refractivity contribution in [2.24, 2.45) is 0 Å². The molecule has 0 radical (unpaired) electrons. The monoisotopic (exact) mass is 346 g/mol. The number of carbonyl (C=O) groups is 2. The number of hydrogen-bond acceptors (Lipinski definition) is 4. The van der Waals surface area contributed by atoms with Crippen molar-refractivity contribution < 1.29 is 19.4 Å². The Morgan fingerprint density at radius 2 is 1.78 bits per heavy atom. The Balaban J connectivity index is 1.86. The zero-order valence-electron chi connectivity index (χ0n) is 11.8. The molecular formula is C17H11ClO4S. The predicted octanol–water partition coefficient (Wildman–Crippen LogP) is 4.51. The molecule has 4 nitrogen and oxygen atoms in total. The molecule has 0 spiro atoms. The van der Waals surface area contributed by atoms with Crippen LogP contribution < -0.4 is 4.74 Å². The number of rotatable bonds is 5. The fraction of sp³-hybridized carbons (Fsp3) is 0.0588. The van der Waals surface area contributed by atoms with E-state index in [1.54, 1.807) is 36.4 Å². The summed E-state index contributed by atoms with van der Waals surface area (Å²) < 4.78 is 6.35. The Morgan fingerprint density at radius 1 is 1.09 bits per heavy atom.